The van der Waals surface area contributed by atoms with Crippen molar-refractivity contribution in [2.75, 3.05) is 48.9 Å². The van der Waals surface area contributed by atoms with Gasteiger partial charge in [-0.2, -0.15) is 8.42 Å². The van der Waals surface area contributed by atoms with Gasteiger partial charge in [-0.15, -0.1) is 0 Å². The summed E-state index contributed by atoms with van der Waals surface area (Å²) in [7, 11) is 5.13. The monoisotopic (exact) mass is 1240 g/mol. The number of phenols is 1. The SMILES string of the molecule is COC(=O)c1cnc(Cl)cn1.COC(=O)c1cnc(OC)cn1.COc1cnc(CO)cn1.COc1cnc(COS(C)(=O)=O)cn1.COc1cnc(COc2ccc3oc(-c4cccnc4)nc3c2)cn1.Oc1ccc2oc(-c3cccnc3)nc2c1. The van der Waals surface area contributed by atoms with Gasteiger partial charge in [0.05, 0.1) is 146 Å². The Balaban J connectivity index is 0.000000174. The first-order chi connectivity index (χ1) is 42.5. The average molecular weight is 1250 g/mol. The lowest BCUT2D eigenvalue weighted by atomic mass is 10.3. The first-order valence-electron chi connectivity index (χ1n) is 25.0. The summed E-state index contributed by atoms with van der Waals surface area (Å²) in [6.07, 6.45) is 21.9. The number of oxazole rings is 2. The number of hydrogen-bond acceptors (Lipinski definition) is 30. The Labute approximate surface area is 505 Å². The molecule has 0 saturated heterocycles. The fraction of sp³-hybridized carbons (Fsp3) is 0.179. The molecule has 11 rings (SSSR count). The van der Waals surface area contributed by atoms with Crippen LogP contribution in [-0.2, 0) is 43.6 Å². The van der Waals surface area contributed by atoms with E-state index in [-0.39, 0.29) is 35.5 Å². The van der Waals surface area contributed by atoms with Crippen molar-refractivity contribution in [1.29, 1.82) is 0 Å². The largest absolute Gasteiger partial charge is 0.508 e. The number of pyridine rings is 2. The lowest BCUT2D eigenvalue weighted by molar-refractivity contribution is 0.0584. The molecule has 0 aliphatic rings. The third-order valence-electron chi connectivity index (χ3n) is 10.4. The van der Waals surface area contributed by atoms with Crippen molar-refractivity contribution < 1.29 is 74.4 Å². The minimum atomic E-state index is -3.44. The molecule has 0 unspecified atom stereocenters. The van der Waals surface area contributed by atoms with E-state index in [2.05, 4.69) is 83.4 Å². The molecule has 0 aliphatic carbocycles. The first kappa shape index (κ1) is 66.1. The second-order valence-corrected chi connectivity index (χ2v) is 18.5. The first-order valence-corrected chi connectivity index (χ1v) is 27.2. The van der Waals surface area contributed by atoms with Gasteiger partial charge >= 0.3 is 11.9 Å². The number of benzene rings is 2. The van der Waals surface area contributed by atoms with Gasteiger partial charge in [0.1, 0.15) is 40.9 Å². The van der Waals surface area contributed by atoms with Crippen LogP contribution >= 0.6 is 11.6 Å². The number of hydrogen-bond donors (Lipinski definition) is 2. The molecule has 0 spiro atoms. The van der Waals surface area contributed by atoms with E-state index in [1.165, 1.54) is 85.1 Å². The molecule has 9 heterocycles. The highest BCUT2D eigenvalue weighted by molar-refractivity contribution is 7.85. The van der Waals surface area contributed by atoms with Crippen LogP contribution in [0.1, 0.15) is 38.1 Å². The van der Waals surface area contributed by atoms with Crippen molar-refractivity contribution in [2.45, 2.75) is 19.8 Å². The van der Waals surface area contributed by atoms with Gasteiger partial charge in [0.15, 0.2) is 22.6 Å². The normalized spacial score (nSPS) is 10.3. The van der Waals surface area contributed by atoms with Crippen molar-refractivity contribution in [3.05, 3.63) is 181 Å². The van der Waals surface area contributed by atoms with E-state index in [0.717, 1.165) is 22.9 Å². The molecule has 0 bridgehead atoms. The lowest BCUT2D eigenvalue weighted by Crippen LogP contribution is -2.04. The quantitative estimate of drug-likeness (QED) is 0.0771. The second-order valence-electron chi connectivity index (χ2n) is 16.5. The van der Waals surface area contributed by atoms with Crippen molar-refractivity contribution >= 4 is 55.9 Å². The van der Waals surface area contributed by atoms with Crippen molar-refractivity contribution in [3.8, 4) is 57.9 Å². The summed E-state index contributed by atoms with van der Waals surface area (Å²) in [6, 6.07) is 17.8. The Morgan fingerprint density at radius 3 is 1.39 bits per heavy atom. The van der Waals surface area contributed by atoms with E-state index in [4.69, 9.17) is 49.2 Å². The third-order valence-corrected chi connectivity index (χ3v) is 11.2. The van der Waals surface area contributed by atoms with E-state index in [0.29, 0.717) is 81.4 Å². The Morgan fingerprint density at radius 1 is 0.523 bits per heavy atom. The predicted molar refractivity (Wildman–Crippen MR) is 310 cm³/mol. The molecule has 0 saturated carbocycles. The van der Waals surface area contributed by atoms with Gasteiger partial charge in [-0.3, -0.25) is 29.1 Å². The molecule has 0 fully saturated rings. The summed E-state index contributed by atoms with van der Waals surface area (Å²) in [6.45, 7) is 0.0998. The molecule has 30 nitrogen and oxygen atoms in total. The number of methoxy groups -OCH3 is 6. The Kier molecular flexibility index (Phi) is 25.6. The molecule has 9 aromatic heterocycles. The summed E-state index contributed by atoms with van der Waals surface area (Å²) in [5.74, 6) is 2.52. The molecule has 0 amide bonds. The molecule has 88 heavy (non-hydrogen) atoms. The minimum absolute atomic E-state index is 0.0863. The zero-order valence-electron chi connectivity index (χ0n) is 47.6. The number of aromatic nitrogens is 14. The van der Waals surface area contributed by atoms with Crippen LogP contribution in [0.3, 0.4) is 0 Å². The van der Waals surface area contributed by atoms with E-state index in [1.54, 1.807) is 62.5 Å². The van der Waals surface area contributed by atoms with Gasteiger partial charge in [0, 0.05) is 36.9 Å². The number of rotatable bonds is 15. The maximum Gasteiger partial charge on any atom is 0.358 e. The van der Waals surface area contributed by atoms with Crippen LogP contribution in [0.15, 0.2) is 156 Å². The Hall–Kier alpha value is -11.0. The number of aromatic hydroxyl groups is 1. The third kappa shape index (κ3) is 21.6. The van der Waals surface area contributed by atoms with Gasteiger partial charge in [-0.25, -0.2) is 54.4 Å². The number of fused-ring (bicyclic) bond motifs is 2. The molecule has 32 heteroatoms. The number of aliphatic hydroxyl groups is 1. The minimum Gasteiger partial charge on any atom is -0.508 e. The lowest BCUT2D eigenvalue weighted by Gasteiger charge is -2.05. The van der Waals surface area contributed by atoms with Crippen LogP contribution in [-0.4, -0.2) is 149 Å². The van der Waals surface area contributed by atoms with Gasteiger partial charge in [-0.1, -0.05) is 11.6 Å². The summed E-state index contributed by atoms with van der Waals surface area (Å²) in [5, 5.41) is 18.1. The smallest absolute Gasteiger partial charge is 0.358 e. The van der Waals surface area contributed by atoms with Gasteiger partial charge in [0.2, 0.25) is 35.3 Å². The molecule has 2 aromatic carbocycles. The van der Waals surface area contributed by atoms with Crippen LogP contribution in [0.5, 0.6) is 35.0 Å². The summed E-state index contributed by atoms with van der Waals surface area (Å²) in [5.41, 5.74) is 6.33. The molecular formula is C56H53ClN14O16S. The number of nitrogens with zero attached hydrogens (tertiary/aromatic N) is 14. The fourth-order valence-electron chi connectivity index (χ4n) is 6.19. The number of ether oxygens (including phenoxy) is 7. The van der Waals surface area contributed by atoms with Crippen LogP contribution in [0, 0.1) is 0 Å². The molecule has 0 atom stereocenters. The van der Waals surface area contributed by atoms with Gasteiger partial charge in [0.25, 0.3) is 10.1 Å². The molecular weight excluding hydrogens is 1190 g/mol. The van der Waals surface area contributed by atoms with E-state index in [1.807, 2.05) is 42.5 Å². The number of halogens is 1. The molecule has 0 radical (unpaired) electrons. The maximum absolute atomic E-state index is 10.8. The molecule has 2 N–H and O–H groups in total. The van der Waals surface area contributed by atoms with Crippen LogP contribution < -0.4 is 23.7 Å². The van der Waals surface area contributed by atoms with Crippen LogP contribution in [0.4, 0.5) is 0 Å². The zero-order valence-corrected chi connectivity index (χ0v) is 49.2. The van der Waals surface area contributed by atoms with E-state index < -0.39 is 22.1 Å². The number of carbonyl (C=O) groups excluding carboxylic acids is 2. The summed E-state index contributed by atoms with van der Waals surface area (Å²) >= 11 is 5.43. The average Bonchev–Trinajstić information content (AvgIpc) is 3.36. The van der Waals surface area contributed by atoms with E-state index >= 15 is 0 Å². The maximum atomic E-state index is 10.8. The van der Waals surface area contributed by atoms with Gasteiger partial charge < -0.3 is 52.2 Å². The molecule has 0 aliphatic heterocycles. The van der Waals surface area contributed by atoms with Crippen molar-refractivity contribution in [2.24, 2.45) is 0 Å². The molecule has 11 aromatic rings. The van der Waals surface area contributed by atoms with Gasteiger partial charge in [-0.05, 0) is 48.5 Å². The van der Waals surface area contributed by atoms with Crippen LogP contribution in [0.2, 0.25) is 5.15 Å². The Morgan fingerprint density at radius 2 is 0.977 bits per heavy atom. The number of carbonyl (C=O) groups is 2. The van der Waals surface area contributed by atoms with E-state index in [9.17, 15) is 23.1 Å². The van der Waals surface area contributed by atoms with Crippen molar-refractivity contribution in [1.82, 2.24) is 69.8 Å². The Bertz CT molecular complexity index is 3990. The zero-order chi connectivity index (χ0) is 63.3. The summed E-state index contributed by atoms with van der Waals surface area (Å²) < 4.78 is 70.9. The predicted octanol–water partition coefficient (Wildman–Crippen LogP) is 6.99. The van der Waals surface area contributed by atoms with Crippen molar-refractivity contribution in [3.63, 3.8) is 0 Å². The number of aliphatic hydroxyl groups excluding tert-OH is 1. The number of phenolic OH excluding ortho intramolecular Hbond substituents is 1. The highest BCUT2D eigenvalue weighted by atomic mass is 35.5. The topological polar surface area (TPSA) is 389 Å². The second kappa shape index (κ2) is 34.1. The highest BCUT2D eigenvalue weighted by Gasteiger charge is 2.12. The number of esters is 2. The fourth-order valence-corrected chi connectivity index (χ4v) is 6.62. The van der Waals surface area contributed by atoms with Crippen LogP contribution in [0.25, 0.3) is 45.1 Å². The summed E-state index contributed by atoms with van der Waals surface area (Å²) in [4.78, 5) is 77.0. The molecule has 456 valence electrons. The highest BCUT2D eigenvalue weighted by Crippen LogP contribution is 2.28. The standard InChI is InChI=1S/C18H14N4O3.C12H8N2O2.C7H10N2O4S.C7H8N2O3.C6H5ClN2O2.C6H8N2O2/c1-23-17-10-20-13(9-21-17)11-24-14-4-5-16-15(7-14)22-18(25-16)12-3-2-6-19-8-12;15-9-3-4-11-10(6-9)14-12(16-11)8-2-1-5-13-7-8;1-12-7-4-8-6(3-9-7)5-13-14(2,10)11;1-11-6-4-8-5(3-9-6)7(10)12-2;1-11-6(10)4-2-9-5(7)3-8-4;1-10-6-3-7-5(4-9)2-8-6/h2-10H,11H2,1H3;1-7,15H;3-4H,5H2,1-2H3;3-4H,1-2H3;2-3H,1H3;2-3,9H,4H2,1H3.